The third-order valence-corrected chi connectivity index (χ3v) is 4.82. The van der Waals surface area contributed by atoms with Gasteiger partial charge in [0.05, 0.1) is 0 Å². The fourth-order valence-corrected chi connectivity index (χ4v) is 3.46. The first kappa shape index (κ1) is 19.0. The molecule has 0 saturated heterocycles. The zero-order chi connectivity index (χ0) is 19.1. The van der Waals surface area contributed by atoms with E-state index in [4.69, 9.17) is 4.74 Å². The number of amides is 2. The van der Waals surface area contributed by atoms with E-state index < -0.39 is 0 Å². The molecule has 1 aliphatic rings. The van der Waals surface area contributed by atoms with Gasteiger partial charge in [-0.05, 0) is 60.7 Å². The number of benzene rings is 2. The Balaban J connectivity index is 1.46. The van der Waals surface area contributed by atoms with Crippen LogP contribution in [0.15, 0.2) is 48.5 Å². The number of anilines is 2. The van der Waals surface area contributed by atoms with Crippen LogP contribution in [0, 0.1) is 0 Å². The Morgan fingerprint density at radius 2 is 1.48 bits per heavy atom. The number of ether oxygens (including phenoxy) is 1. The van der Waals surface area contributed by atoms with Gasteiger partial charge in [-0.3, -0.25) is 9.59 Å². The van der Waals surface area contributed by atoms with Gasteiger partial charge in [0.15, 0.2) is 6.61 Å². The maximum absolute atomic E-state index is 12.1. The zero-order valence-corrected chi connectivity index (χ0v) is 15.7. The molecule has 5 nitrogen and oxygen atoms in total. The molecule has 1 aliphatic carbocycles. The Labute approximate surface area is 160 Å². The maximum Gasteiger partial charge on any atom is 0.262 e. The van der Waals surface area contributed by atoms with E-state index in [0.717, 1.165) is 0 Å². The minimum absolute atomic E-state index is 0.0454. The standard InChI is InChI=1S/C22H26N2O3/c1-16(25)23-19-9-11-20(12-10-19)24-22(26)15-27-21-13-7-18(8-14-21)17-5-3-2-4-6-17/h7-14,17H,2-6,15H2,1H3,(H,23,25)(H,24,26). The average Bonchev–Trinajstić information content (AvgIpc) is 2.69. The Hall–Kier alpha value is -2.82. The van der Waals surface area contributed by atoms with E-state index in [1.165, 1.54) is 44.6 Å². The van der Waals surface area contributed by atoms with Gasteiger partial charge >= 0.3 is 0 Å². The lowest BCUT2D eigenvalue weighted by atomic mass is 9.84. The Morgan fingerprint density at radius 3 is 2.07 bits per heavy atom. The van der Waals surface area contributed by atoms with Crippen LogP contribution >= 0.6 is 0 Å². The van der Waals surface area contributed by atoms with Crippen molar-refractivity contribution in [3.05, 3.63) is 54.1 Å². The Morgan fingerprint density at radius 1 is 0.889 bits per heavy atom. The van der Waals surface area contributed by atoms with Crippen molar-refractivity contribution in [2.24, 2.45) is 0 Å². The summed E-state index contributed by atoms with van der Waals surface area (Å²) in [5.74, 6) is 1.01. The van der Waals surface area contributed by atoms with Gasteiger partial charge in [-0.1, -0.05) is 31.4 Å². The highest BCUT2D eigenvalue weighted by Crippen LogP contribution is 2.33. The fourth-order valence-electron chi connectivity index (χ4n) is 3.46. The van der Waals surface area contributed by atoms with E-state index in [9.17, 15) is 9.59 Å². The lowest BCUT2D eigenvalue weighted by Gasteiger charge is -2.22. The average molecular weight is 366 g/mol. The van der Waals surface area contributed by atoms with Crippen LogP contribution in [0.3, 0.4) is 0 Å². The molecular formula is C22H26N2O3. The summed E-state index contributed by atoms with van der Waals surface area (Å²) in [5, 5.41) is 5.46. The molecule has 0 aliphatic heterocycles. The van der Waals surface area contributed by atoms with Crippen LogP contribution in [0.4, 0.5) is 11.4 Å². The van der Waals surface area contributed by atoms with Crippen LogP contribution in [0.2, 0.25) is 0 Å². The quantitative estimate of drug-likeness (QED) is 0.778. The monoisotopic (exact) mass is 366 g/mol. The fraction of sp³-hybridized carbons (Fsp3) is 0.364. The molecular weight excluding hydrogens is 340 g/mol. The van der Waals surface area contributed by atoms with E-state index in [1.807, 2.05) is 12.1 Å². The summed E-state index contributed by atoms with van der Waals surface area (Å²) in [5.41, 5.74) is 2.71. The maximum atomic E-state index is 12.1. The first-order chi connectivity index (χ1) is 13.1. The van der Waals surface area contributed by atoms with E-state index in [0.29, 0.717) is 23.0 Å². The topological polar surface area (TPSA) is 67.4 Å². The highest BCUT2D eigenvalue weighted by molar-refractivity contribution is 5.93. The van der Waals surface area contributed by atoms with Gasteiger partial charge in [-0.15, -0.1) is 0 Å². The minimum Gasteiger partial charge on any atom is -0.484 e. The van der Waals surface area contributed by atoms with Gasteiger partial charge in [0, 0.05) is 18.3 Å². The number of hydrogen-bond acceptors (Lipinski definition) is 3. The molecule has 0 radical (unpaired) electrons. The lowest BCUT2D eigenvalue weighted by Crippen LogP contribution is -2.20. The Bertz CT molecular complexity index is 763. The minimum atomic E-state index is -0.223. The molecule has 2 aromatic rings. The second-order valence-electron chi connectivity index (χ2n) is 7.00. The highest BCUT2D eigenvalue weighted by atomic mass is 16.5. The molecule has 3 rings (SSSR count). The molecule has 2 N–H and O–H groups in total. The third-order valence-electron chi connectivity index (χ3n) is 4.82. The molecule has 5 heteroatoms. The Kier molecular flexibility index (Phi) is 6.47. The summed E-state index contributed by atoms with van der Waals surface area (Å²) >= 11 is 0. The van der Waals surface area contributed by atoms with Crippen molar-refractivity contribution in [3.8, 4) is 5.75 Å². The van der Waals surface area contributed by atoms with Gasteiger partial charge in [0.1, 0.15) is 5.75 Å². The third kappa shape index (κ3) is 5.84. The van der Waals surface area contributed by atoms with Gasteiger partial charge in [0.25, 0.3) is 5.91 Å². The van der Waals surface area contributed by atoms with E-state index in [-0.39, 0.29) is 18.4 Å². The zero-order valence-electron chi connectivity index (χ0n) is 15.7. The predicted molar refractivity (Wildman–Crippen MR) is 107 cm³/mol. The first-order valence-corrected chi connectivity index (χ1v) is 9.50. The van der Waals surface area contributed by atoms with Crippen molar-refractivity contribution in [3.63, 3.8) is 0 Å². The van der Waals surface area contributed by atoms with Crippen molar-refractivity contribution in [1.29, 1.82) is 0 Å². The largest absolute Gasteiger partial charge is 0.484 e. The predicted octanol–water partition coefficient (Wildman–Crippen LogP) is 4.71. The van der Waals surface area contributed by atoms with Gasteiger partial charge in [0.2, 0.25) is 5.91 Å². The summed E-state index contributed by atoms with van der Waals surface area (Å²) in [7, 11) is 0. The molecule has 0 bridgehead atoms. The van der Waals surface area contributed by atoms with Crippen LogP contribution in [0.25, 0.3) is 0 Å². The molecule has 0 atom stereocenters. The molecule has 0 spiro atoms. The molecule has 1 fully saturated rings. The van der Waals surface area contributed by atoms with Crippen LogP contribution in [0.5, 0.6) is 5.75 Å². The normalized spacial score (nSPS) is 14.4. The molecule has 142 valence electrons. The van der Waals surface area contributed by atoms with Gasteiger partial charge < -0.3 is 15.4 Å². The molecule has 27 heavy (non-hydrogen) atoms. The SMILES string of the molecule is CC(=O)Nc1ccc(NC(=O)COc2ccc(C3CCCCC3)cc2)cc1. The van der Waals surface area contributed by atoms with E-state index in [2.05, 4.69) is 22.8 Å². The van der Waals surface area contributed by atoms with Crippen LogP contribution in [-0.2, 0) is 9.59 Å². The van der Waals surface area contributed by atoms with Crippen LogP contribution in [-0.4, -0.2) is 18.4 Å². The molecule has 0 heterocycles. The summed E-state index contributed by atoms with van der Waals surface area (Å²) in [6.07, 6.45) is 6.51. The number of rotatable bonds is 6. The smallest absolute Gasteiger partial charge is 0.262 e. The summed E-state index contributed by atoms with van der Waals surface area (Å²) < 4.78 is 5.59. The number of carbonyl (C=O) groups excluding carboxylic acids is 2. The second-order valence-corrected chi connectivity index (χ2v) is 7.00. The molecule has 1 saturated carbocycles. The molecule has 2 aromatic carbocycles. The highest BCUT2D eigenvalue weighted by Gasteiger charge is 2.15. The number of nitrogens with one attached hydrogen (secondary N) is 2. The number of hydrogen-bond donors (Lipinski definition) is 2. The van der Waals surface area contributed by atoms with Crippen LogP contribution in [0.1, 0.15) is 50.5 Å². The second kappa shape index (κ2) is 9.21. The lowest BCUT2D eigenvalue weighted by molar-refractivity contribution is -0.118. The molecule has 0 aromatic heterocycles. The van der Waals surface area contributed by atoms with Gasteiger partial charge in [-0.2, -0.15) is 0 Å². The molecule has 0 unspecified atom stereocenters. The van der Waals surface area contributed by atoms with Crippen molar-refractivity contribution >= 4 is 23.2 Å². The van der Waals surface area contributed by atoms with Crippen molar-refractivity contribution in [2.75, 3.05) is 17.2 Å². The summed E-state index contributed by atoms with van der Waals surface area (Å²) in [6.45, 7) is 1.41. The first-order valence-electron chi connectivity index (χ1n) is 9.50. The van der Waals surface area contributed by atoms with Crippen molar-refractivity contribution < 1.29 is 14.3 Å². The van der Waals surface area contributed by atoms with Crippen molar-refractivity contribution in [2.45, 2.75) is 44.9 Å². The molecule has 2 amide bonds. The van der Waals surface area contributed by atoms with Crippen molar-refractivity contribution in [1.82, 2.24) is 0 Å². The summed E-state index contributed by atoms with van der Waals surface area (Å²) in [6, 6.07) is 15.1. The number of carbonyl (C=O) groups is 2. The van der Waals surface area contributed by atoms with Gasteiger partial charge in [-0.25, -0.2) is 0 Å². The summed E-state index contributed by atoms with van der Waals surface area (Å²) in [4.78, 5) is 23.1. The van der Waals surface area contributed by atoms with E-state index in [1.54, 1.807) is 24.3 Å². The van der Waals surface area contributed by atoms with Crippen LogP contribution < -0.4 is 15.4 Å². The van der Waals surface area contributed by atoms with E-state index >= 15 is 0 Å².